The van der Waals surface area contributed by atoms with Gasteiger partial charge >= 0.3 is 0 Å². The van der Waals surface area contributed by atoms with Crippen LogP contribution >= 0.6 is 12.6 Å². The molecule has 0 heterocycles. The van der Waals surface area contributed by atoms with Gasteiger partial charge in [-0.15, -0.1) is 0 Å². The molecule has 0 aliphatic rings. The lowest BCUT2D eigenvalue weighted by atomic mass is 10.3. The van der Waals surface area contributed by atoms with Crippen molar-refractivity contribution in [2.45, 2.75) is 20.3 Å². The average molecular weight is 173 g/mol. The number of nitrogens with zero attached hydrogens (tertiary/aromatic N) is 1. The number of likely N-dealkylation sites (N-methyl/N-ethyl adjacent to an activating group) is 1. The first-order valence-corrected chi connectivity index (χ1v) is 4.87. The van der Waals surface area contributed by atoms with Gasteiger partial charge in [0.05, 0.1) is 0 Å². The molecule has 0 spiro atoms. The van der Waals surface area contributed by atoms with Crippen LogP contribution in [0.5, 0.6) is 0 Å². The Morgan fingerprint density at radius 1 is 1.45 bits per heavy atom. The van der Waals surface area contributed by atoms with Crippen molar-refractivity contribution in [2.24, 2.45) is 0 Å². The van der Waals surface area contributed by atoms with E-state index < -0.39 is 0 Å². The van der Waals surface area contributed by atoms with E-state index in [1.54, 1.807) is 0 Å². The molecule has 0 fully saturated rings. The molecule has 0 aromatic rings. The van der Waals surface area contributed by atoms with Gasteiger partial charge < -0.3 is 0 Å². The van der Waals surface area contributed by atoms with E-state index in [-0.39, 0.29) is 0 Å². The monoisotopic (exact) mass is 173 g/mol. The van der Waals surface area contributed by atoms with Crippen molar-refractivity contribution in [1.29, 1.82) is 0 Å². The summed E-state index contributed by atoms with van der Waals surface area (Å²) < 4.78 is 0. The highest BCUT2D eigenvalue weighted by Gasteiger charge is 2.00. The predicted molar refractivity (Wildman–Crippen MR) is 55.4 cm³/mol. The molecule has 0 aromatic heterocycles. The summed E-state index contributed by atoms with van der Waals surface area (Å²) in [5.41, 5.74) is 1.21. The van der Waals surface area contributed by atoms with E-state index in [1.807, 2.05) is 0 Å². The summed E-state index contributed by atoms with van der Waals surface area (Å²) in [6.07, 6.45) is 1.22. The fourth-order valence-corrected chi connectivity index (χ4v) is 1.13. The van der Waals surface area contributed by atoms with Crippen molar-refractivity contribution in [1.82, 2.24) is 4.90 Å². The average Bonchev–Trinajstić information content (AvgIpc) is 2.03. The van der Waals surface area contributed by atoms with E-state index >= 15 is 0 Å². The van der Waals surface area contributed by atoms with E-state index in [0.717, 1.165) is 18.8 Å². The summed E-state index contributed by atoms with van der Waals surface area (Å²) in [4.78, 5) is 2.39. The summed E-state index contributed by atoms with van der Waals surface area (Å²) >= 11 is 4.17. The molecule has 0 unspecified atom stereocenters. The Kier molecular flexibility index (Phi) is 6.77. The Morgan fingerprint density at radius 2 is 2.09 bits per heavy atom. The topological polar surface area (TPSA) is 3.24 Å². The second-order valence-electron chi connectivity index (χ2n) is 2.78. The SMILES string of the molecule is C=C(CS)CN(CC)CCC. The van der Waals surface area contributed by atoms with Crippen LogP contribution in [0.15, 0.2) is 12.2 Å². The first kappa shape index (κ1) is 11.1. The number of rotatable bonds is 6. The lowest BCUT2D eigenvalue weighted by Crippen LogP contribution is -2.26. The van der Waals surface area contributed by atoms with E-state index in [1.165, 1.54) is 18.5 Å². The Morgan fingerprint density at radius 3 is 2.45 bits per heavy atom. The molecule has 66 valence electrons. The largest absolute Gasteiger partial charge is 0.300 e. The van der Waals surface area contributed by atoms with Crippen LogP contribution in [0.3, 0.4) is 0 Å². The zero-order valence-corrected chi connectivity index (χ0v) is 8.53. The zero-order chi connectivity index (χ0) is 8.69. The molecule has 0 bridgehead atoms. The third-order valence-electron chi connectivity index (χ3n) is 1.66. The minimum absolute atomic E-state index is 0.806. The van der Waals surface area contributed by atoms with Crippen LogP contribution in [-0.4, -0.2) is 30.3 Å². The van der Waals surface area contributed by atoms with Crippen molar-refractivity contribution in [3.8, 4) is 0 Å². The second-order valence-corrected chi connectivity index (χ2v) is 3.09. The smallest absolute Gasteiger partial charge is 0.0198 e. The van der Waals surface area contributed by atoms with Gasteiger partial charge in [-0.05, 0) is 19.5 Å². The van der Waals surface area contributed by atoms with Gasteiger partial charge in [0.1, 0.15) is 0 Å². The third-order valence-corrected chi connectivity index (χ3v) is 2.11. The van der Waals surface area contributed by atoms with E-state index in [0.29, 0.717) is 0 Å². The molecule has 2 heteroatoms. The molecular weight excluding hydrogens is 154 g/mol. The van der Waals surface area contributed by atoms with Gasteiger partial charge in [-0.25, -0.2) is 0 Å². The van der Waals surface area contributed by atoms with Crippen molar-refractivity contribution in [2.75, 3.05) is 25.4 Å². The molecule has 11 heavy (non-hydrogen) atoms. The second kappa shape index (κ2) is 6.74. The summed E-state index contributed by atoms with van der Waals surface area (Å²) in [6, 6.07) is 0. The maximum absolute atomic E-state index is 4.17. The van der Waals surface area contributed by atoms with Crippen molar-refractivity contribution < 1.29 is 0 Å². The Balaban J connectivity index is 3.58. The predicted octanol–water partition coefficient (Wildman–Crippen LogP) is 2.20. The van der Waals surface area contributed by atoms with Crippen LogP contribution in [0, 0.1) is 0 Å². The van der Waals surface area contributed by atoms with Gasteiger partial charge in [-0.1, -0.05) is 26.0 Å². The molecule has 0 aromatic carbocycles. The minimum Gasteiger partial charge on any atom is -0.300 e. The van der Waals surface area contributed by atoms with E-state index in [9.17, 15) is 0 Å². The molecule has 0 rings (SSSR count). The summed E-state index contributed by atoms with van der Waals surface area (Å²) in [5.74, 6) is 0.806. The lowest BCUT2D eigenvalue weighted by molar-refractivity contribution is 0.313. The molecule has 0 N–H and O–H groups in total. The highest BCUT2D eigenvalue weighted by atomic mass is 32.1. The molecule has 0 saturated carbocycles. The maximum Gasteiger partial charge on any atom is 0.0198 e. The van der Waals surface area contributed by atoms with Crippen molar-refractivity contribution in [3.63, 3.8) is 0 Å². The highest BCUT2D eigenvalue weighted by molar-refractivity contribution is 7.80. The van der Waals surface area contributed by atoms with Gasteiger partial charge in [0, 0.05) is 12.3 Å². The van der Waals surface area contributed by atoms with E-state index in [2.05, 4.69) is 38.0 Å². The van der Waals surface area contributed by atoms with Crippen molar-refractivity contribution in [3.05, 3.63) is 12.2 Å². The van der Waals surface area contributed by atoms with Gasteiger partial charge in [-0.3, -0.25) is 4.90 Å². The Bertz CT molecular complexity index is 112. The van der Waals surface area contributed by atoms with Gasteiger partial charge in [0.15, 0.2) is 0 Å². The highest BCUT2D eigenvalue weighted by Crippen LogP contribution is 1.99. The van der Waals surface area contributed by atoms with Crippen LogP contribution in [0.2, 0.25) is 0 Å². The van der Waals surface area contributed by atoms with Crippen LogP contribution in [0.25, 0.3) is 0 Å². The first-order valence-electron chi connectivity index (χ1n) is 4.24. The molecule has 0 amide bonds. The molecule has 1 nitrogen and oxygen atoms in total. The lowest BCUT2D eigenvalue weighted by Gasteiger charge is -2.19. The molecule has 0 atom stereocenters. The van der Waals surface area contributed by atoms with E-state index in [4.69, 9.17) is 0 Å². The zero-order valence-electron chi connectivity index (χ0n) is 7.64. The van der Waals surface area contributed by atoms with Gasteiger partial charge in [-0.2, -0.15) is 12.6 Å². The van der Waals surface area contributed by atoms with Crippen LogP contribution in [-0.2, 0) is 0 Å². The molecule has 0 saturated heterocycles. The maximum atomic E-state index is 4.17. The fourth-order valence-electron chi connectivity index (χ4n) is 1.03. The summed E-state index contributed by atoms with van der Waals surface area (Å²) in [5, 5.41) is 0. The molecule has 0 aliphatic carbocycles. The van der Waals surface area contributed by atoms with Crippen LogP contribution in [0.1, 0.15) is 20.3 Å². The fraction of sp³-hybridized carbons (Fsp3) is 0.778. The van der Waals surface area contributed by atoms with Crippen LogP contribution < -0.4 is 0 Å². The number of hydrogen-bond acceptors (Lipinski definition) is 2. The molecular formula is C9H19NS. The summed E-state index contributed by atoms with van der Waals surface area (Å²) in [7, 11) is 0. The summed E-state index contributed by atoms with van der Waals surface area (Å²) in [6.45, 7) is 11.6. The van der Waals surface area contributed by atoms with Gasteiger partial charge in [0.25, 0.3) is 0 Å². The quantitative estimate of drug-likeness (QED) is 0.476. The number of hydrogen-bond donors (Lipinski definition) is 1. The first-order chi connectivity index (χ1) is 5.24. The Hall–Kier alpha value is 0.0500. The van der Waals surface area contributed by atoms with Crippen molar-refractivity contribution >= 4 is 12.6 Å². The van der Waals surface area contributed by atoms with Gasteiger partial charge in [0.2, 0.25) is 0 Å². The normalized spacial score (nSPS) is 10.5. The molecule has 0 aliphatic heterocycles. The standard InChI is InChI=1S/C9H19NS/c1-4-6-10(5-2)7-9(3)8-11/h11H,3-8H2,1-2H3. The Labute approximate surface area is 75.9 Å². The number of thiol groups is 1. The molecule has 0 radical (unpaired) electrons. The third kappa shape index (κ3) is 5.33. The minimum atomic E-state index is 0.806. The van der Waals surface area contributed by atoms with Crippen LogP contribution in [0.4, 0.5) is 0 Å².